The number of alkyl halides is 2. The first-order chi connectivity index (χ1) is 7.83. The van der Waals surface area contributed by atoms with Gasteiger partial charge in [-0.05, 0) is 12.1 Å². The minimum Gasteiger partial charge on any atom is -0.386 e. The van der Waals surface area contributed by atoms with Gasteiger partial charge in [-0.15, -0.1) is 0 Å². The van der Waals surface area contributed by atoms with E-state index in [0.29, 0.717) is 0 Å². The molecular formula is C8H9ClF2N2O3S. The van der Waals surface area contributed by atoms with Crippen molar-refractivity contribution in [3.8, 4) is 0 Å². The molecule has 1 atom stereocenters. The molecule has 1 aromatic heterocycles. The average molecular weight is 287 g/mol. The Morgan fingerprint density at radius 3 is 2.59 bits per heavy atom. The first kappa shape index (κ1) is 14.2. The number of nitrogens with one attached hydrogen (secondary N) is 1. The summed E-state index contributed by atoms with van der Waals surface area (Å²) < 4.78 is 48.8. The molecule has 96 valence electrons. The fourth-order valence-electron chi connectivity index (χ4n) is 0.889. The van der Waals surface area contributed by atoms with Crippen LogP contribution in [0.2, 0.25) is 5.15 Å². The van der Waals surface area contributed by atoms with Gasteiger partial charge in [-0.3, -0.25) is 0 Å². The molecule has 1 unspecified atom stereocenters. The van der Waals surface area contributed by atoms with E-state index in [2.05, 4.69) is 4.98 Å². The number of hydrogen-bond donors (Lipinski definition) is 2. The molecule has 17 heavy (non-hydrogen) atoms. The number of aromatic nitrogens is 1. The van der Waals surface area contributed by atoms with Gasteiger partial charge in [0.1, 0.15) is 16.2 Å². The Kier molecular flexibility index (Phi) is 4.75. The molecule has 0 saturated carbocycles. The van der Waals surface area contributed by atoms with Crippen molar-refractivity contribution in [3.05, 3.63) is 23.5 Å². The lowest BCUT2D eigenvalue weighted by Crippen LogP contribution is -2.35. The zero-order chi connectivity index (χ0) is 13.1. The fourth-order valence-corrected chi connectivity index (χ4v) is 2.00. The normalized spacial score (nSPS) is 13.9. The molecule has 0 saturated heterocycles. The van der Waals surface area contributed by atoms with E-state index in [1.54, 1.807) is 0 Å². The second-order valence-electron chi connectivity index (χ2n) is 3.07. The minimum absolute atomic E-state index is 0.108. The fraction of sp³-hybridized carbons (Fsp3) is 0.375. The van der Waals surface area contributed by atoms with Crippen LogP contribution in [0.5, 0.6) is 0 Å². The number of nitrogens with zero attached hydrogens (tertiary/aromatic N) is 1. The van der Waals surface area contributed by atoms with Crippen molar-refractivity contribution in [2.24, 2.45) is 0 Å². The third-order valence-electron chi connectivity index (χ3n) is 1.78. The molecule has 0 aliphatic carbocycles. The molecule has 1 heterocycles. The number of rotatable bonds is 5. The lowest BCUT2D eigenvalue weighted by atomic mass is 10.4. The maximum Gasteiger partial charge on any atom is 0.265 e. The SMILES string of the molecule is O=S(=O)(NCC(O)C(F)F)c1ccc(Cl)nc1. The molecule has 0 bridgehead atoms. The van der Waals surface area contributed by atoms with E-state index in [9.17, 15) is 17.2 Å². The van der Waals surface area contributed by atoms with Gasteiger partial charge in [0.25, 0.3) is 6.43 Å². The predicted molar refractivity (Wildman–Crippen MR) is 56.4 cm³/mol. The van der Waals surface area contributed by atoms with Gasteiger partial charge in [0, 0.05) is 12.7 Å². The van der Waals surface area contributed by atoms with E-state index >= 15 is 0 Å². The summed E-state index contributed by atoms with van der Waals surface area (Å²) in [6.07, 6.45) is -4.08. The van der Waals surface area contributed by atoms with Gasteiger partial charge in [0.15, 0.2) is 0 Å². The summed E-state index contributed by atoms with van der Waals surface area (Å²) in [7, 11) is -3.97. The highest BCUT2D eigenvalue weighted by molar-refractivity contribution is 7.89. The Balaban J connectivity index is 2.72. The van der Waals surface area contributed by atoms with E-state index in [1.165, 1.54) is 12.1 Å². The van der Waals surface area contributed by atoms with E-state index in [1.807, 2.05) is 4.72 Å². The number of pyridine rings is 1. The molecule has 1 aromatic rings. The van der Waals surface area contributed by atoms with Crippen molar-refractivity contribution in [2.75, 3.05) is 6.54 Å². The van der Waals surface area contributed by atoms with Gasteiger partial charge in [-0.25, -0.2) is 26.9 Å². The van der Waals surface area contributed by atoms with Crippen molar-refractivity contribution in [2.45, 2.75) is 17.4 Å². The minimum atomic E-state index is -3.97. The second-order valence-corrected chi connectivity index (χ2v) is 5.22. The van der Waals surface area contributed by atoms with E-state index < -0.39 is 29.1 Å². The Morgan fingerprint density at radius 1 is 1.47 bits per heavy atom. The summed E-state index contributed by atoms with van der Waals surface area (Å²) >= 11 is 5.47. The molecule has 9 heteroatoms. The summed E-state index contributed by atoms with van der Waals surface area (Å²) in [6, 6.07) is 2.42. The molecular weight excluding hydrogens is 278 g/mol. The number of aliphatic hydroxyl groups is 1. The summed E-state index contributed by atoms with van der Waals surface area (Å²) in [6.45, 7) is -0.775. The van der Waals surface area contributed by atoms with E-state index in [-0.39, 0.29) is 10.0 Å². The van der Waals surface area contributed by atoms with Crippen LogP contribution in [0.25, 0.3) is 0 Å². The lowest BCUT2D eigenvalue weighted by molar-refractivity contribution is -0.000452. The van der Waals surface area contributed by atoms with E-state index in [4.69, 9.17) is 16.7 Å². The van der Waals surface area contributed by atoms with Crippen LogP contribution < -0.4 is 4.72 Å². The topological polar surface area (TPSA) is 79.3 Å². The summed E-state index contributed by atoms with van der Waals surface area (Å²) in [5.74, 6) is 0. The van der Waals surface area contributed by atoms with Gasteiger partial charge >= 0.3 is 0 Å². The van der Waals surface area contributed by atoms with Crippen molar-refractivity contribution in [1.29, 1.82) is 0 Å². The second kappa shape index (κ2) is 5.67. The van der Waals surface area contributed by atoms with Crippen LogP contribution in [-0.4, -0.2) is 37.6 Å². The monoisotopic (exact) mass is 286 g/mol. The molecule has 1 rings (SSSR count). The summed E-state index contributed by atoms with van der Waals surface area (Å²) in [5.41, 5.74) is 0. The Hall–Kier alpha value is -0.830. The number of sulfonamides is 1. The van der Waals surface area contributed by atoms with Crippen LogP contribution in [0.15, 0.2) is 23.2 Å². The molecule has 0 spiro atoms. The average Bonchev–Trinajstić information content (AvgIpc) is 2.26. The van der Waals surface area contributed by atoms with Gasteiger partial charge in [0.05, 0.1) is 0 Å². The van der Waals surface area contributed by atoms with Crippen LogP contribution in [0.1, 0.15) is 0 Å². The molecule has 0 aliphatic heterocycles. The molecule has 0 fully saturated rings. The lowest BCUT2D eigenvalue weighted by Gasteiger charge is -2.10. The quantitative estimate of drug-likeness (QED) is 0.779. The zero-order valence-corrected chi connectivity index (χ0v) is 9.92. The zero-order valence-electron chi connectivity index (χ0n) is 8.35. The van der Waals surface area contributed by atoms with Crippen LogP contribution in [-0.2, 0) is 10.0 Å². The largest absolute Gasteiger partial charge is 0.386 e. The van der Waals surface area contributed by atoms with Crippen molar-refractivity contribution < 1.29 is 22.3 Å². The maximum atomic E-state index is 11.9. The highest BCUT2D eigenvalue weighted by atomic mass is 35.5. The van der Waals surface area contributed by atoms with Crippen molar-refractivity contribution >= 4 is 21.6 Å². The van der Waals surface area contributed by atoms with Gasteiger partial charge in [-0.1, -0.05) is 11.6 Å². The maximum absolute atomic E-state index is 11.9. The highest BCUT2D eigenvalue weighted by Gasteiger charge is 2.21. The number of hydrogen-bond acceptors (Lipinski definition) is 4. The van der Waals surface area contributed by atoms with Crippen LogP contribution in [0, 0.1) is 0 Å². The van der Waals surface area contributed by atoms with Gasteiger partial charge in [-0.2, -0.15) is 0 Å². The van der Waals surface area contributed by atoms with Crippen molar-refractivity contribution in [3.63, 3.8) is 0 Å². The Labute approximate surface area is 101 Å². The first-order valence-corrected chi connectivity index (χ1v) is 6.26. The molecule has 0 aliphatic rings. The predicted octanol–water partition coefficient (Wildman–Crippen LogP) is 0.639. The number of aliphatic hydroxyl groups excluding tert-OH is 1. The van der Waals surface area contributed by atoms with Crippen LogP contribution in [0.4, 0.5) is 8.78 Å². The van der Waals surface area contributed by atoms with Crippen LogP contribution in [0.3, 0.4) is 0 Å². The standard InChI is InChI=1S/C8H9ClF2N2O3S/c9-7-2-1-5(3-12-7)17(15,16)13-4-6(14)8(10)11/h1-3,6,8,13-14H,4H2. The molecule has 0 amide bonds. The Bertz CT molecular complexity index is 466. The summed E-state index contributed by atoms with van der Waals surface area (Å²) in [5, 5.41) is 8.88. The molecule has 2 N–H and O–H groups in total. The third-order valence-corrected chi connectivity index (χ3v) is 3.42. The van der Waals surface area contributed by atoms with Gasteiger partial charge < -0.3 is 5.11 Å². The summed E-state index contributed by atoms with van der Waals surface area (Å²) in [4.78, 5) is 3.32. The third kappa shape index (κ3) is 4.15. The molecule has 5 nitrogen and oxygen atoms in total. The molecule has 0 aromatic carbocycles. The Morgan fingerprint density at radius 2 is 2.12 bits per heavy atom. The smallest absolute Gasteiger partial charge is 0.265 e. The van der Waals surface area contributed by atoms with Crippen molar-refractivity contribution in [1.82, 2.24) is 9.71 Å². The van der Waals surface area contributed by atoms with Gasteiger partial charge in [0.2, 0.25) is 10.0 Å². The molecule has 0 radical (unpaired) electrons. The number of halogens is 3. The van der Waals surface area contributed by atoms with Crippen LogP contribution >= 0.6 is 11.6 Å². The van der Waals surface area contributed by atoms with E-state index in [0.717, 1.165) is 6.20 Å². The highest BCUT2D eigenvalue weighted by Crippen LogP contribution is 2.10. The first-order valence-electron chi connectivity index (χ1n) is 4.40.